The number of aliphatic carboxylic acids is 1. The van der Waals surface area contributed by atoms with Gasteiger partial charge in [0, 0.05) is 18.6 Å². The molecule has 204 valence electrons. The molecule has 0 amide bonds. The Morgan fingerprint density at radius 1 is 1.11 bits per heavy atom. The van der Waals surface area contributed by atoms with Gasteiger partial charge in [0.15, 0.2) is 5.13 Å². The van der Waals surface area contributed by atoms with Gasteiger partial charge < -0.3 is 14.7 Å². The molecule has 3 aromatic rings. The van der Waals surface area contributed by atoms with Crippen LogP contribution in [0.2, 0.25) is 5.02 Å². The van der Waals surface area contributed by atoms with Gasteiger partial charge in [0.05, 0.1) is 33.8 Å². The molecule has 2 aliphatic rings. The van der Waals surface area contributed by atoms with Crippen molar-refractivity contribution in [2.45, 2.75) is 50.2 Å². The predicted octanol–water partition coefficient (Wildman–Crippen LogP) is 6.50. The summed E-state index contributed by atoms with van der Waals surface area (Å²) in [6, 6.07) is 8.77. The highest BCUT2D eigenvalue weighted by molar-refractivity contribution is 7.22. The number of benzene rings is 2. The summed E-state index contributed by atoms with van der Waals surface area (Å²) < 4.78 is 46.0. The molecule has 2 saturated heterocycles. The Hall–Kier alpha value is -2.56. The fourth-order valence-corrected chi connectivity index (χ4v) is 6.78. The molecule has 0 spiro atoms. The number of nitrogens with zero attached hydrogens (tertiary/aromatic N) is 3. The standard InChI is InChI=1S/C27H29ClF3N3O3S/c28-20-5-3-18(16-24(35)36)15-22(20)37-14-9-26(34-10-1-2-11-34)7-12-33(13-8-26)25-32-21-6-4-19(27(29,30)31)17-23(21)38-25/h3-6,15,17H,1-2,7-14,16H2,(H,35,36). The first-order valence-corrected chi connectivity index (χ1v) is 13.9. The third-order valence-electron chi connectivity index (χ3n) is 7.62. The molecule has 1 aromatic heterocycles. The normalized spacial score (nSPS) is 18.3. The molecule has 3 heterocycles. The van der Waals surface area contributed by atoms with Gasteiger partial charge in [-0.15, -0.1) is 0 Å². The maximum Gasteiger partial charge on any atom is 0.416 e. The number of anilines is 1. The van der Waals surface area contributed by atoms with Crippen LogP contribution in [0.25, 0.3) is 10.2 Å². The number of hydrogen-bond acceptors (Lipinski definition) is 6. The molecule has 11 heteroatoms. The van der Waals surface area contributed by atoms with Crippen LogP contribution in [-0.4, -0.2) is 59.3 Å². The van der Waals surface area contributed by atoms with Gasteiger partial charge in [-0.2, -0.15) is 13.2 Å². The quantitative estimate of drug-likeness (QED) is 0.335. The molecule has 6 nitrogen and oxygen atoms in total. The number of likely N-dealkylation sites (tertiary alicyclic amines) is 1. The molecule has 0 bridgehead atoms. The number of carbonyl (C=O) groups is 1. The second-order valence-electron chi connectivity index (χ2n) is 10.0. The lowest BCUT2D eigenvalue weighted by atomic mass is 9.83. The summed E-state index contributed by atoms with van der Waals surface area (Å²) in [5, 5.41) is 10.3. The second-order valence-corrected chi connectivity index (χ2v) is 11.4. The summed E-state index contributed by atoms with van der Waals surface area (Å²) in [5.74, 6) is -0.418. The van der Waals surface area contributed by atoms with Crippen LogP contribution in [0.4, 0.5) is 18.3 Å². The zero-order valence-corrected chi connectivity index (χ0v) is 22.3. The first-order chi connectivity index (χ1) is 18.1. The number of thiazole rings is 1. The van der Waals surface area contributed by atoms with Gasteiger partial charge in [-0.1, -0.05) is 29.0 Å². The fraction of sp³-hybridized carbons (Fsp3) is 0.481. The van der Waals surface area contributed by atoms with Crippen LogP contribution in [0.15, 0.2) is 36.4 Å². The van der Waals surface area contributed by atoms with E-state index in [0.29, 0.717) is 33.2 Å². The van der Waals surface area contributed by atoms with E-state index < -0.39 is 17.7 Å². The third kappa shape index (κ3) is 5.87. The molecule has 0 aliphatic carbocycles. The molecule has 0 atom stereocenters. The highest BCUT2D eigenvalue weighted by Gasteiger charge is 2.41. The van der Waals surface area contributed by atoms with Gasteiger partial charge in [0.1, 0.15) is 5.75 Å². The van der Waals surface area contributed by atoms with Crippen molar-refractivity contribution in [3.63, 3.8) is 0 Å². The summed E-state index contributed by atoms with van der Waals surface area (Å²) in [7, 11) is 0. The zero-order chi connectivity index (χ0) is 26.9. The Balaban J connectivity index is 1.27. The number of carboxylic acids is 1. The Kier molecular flexibility index (Phi) is 7.75. The number of halogens is 4. The van der Waals surface area contributed by atoms with Gasteiger partial charge >= 0.3 is 12.1 Å². The van der Waals surface area contributed by atoms with Crippen molar-refractivity contribution < 1.29 is 27.8 Å². The number of rotatable bonds is 8. The van der Waals surface area contributed by atoms with Crippen molar-refractivity contribution in [2.75, 3.05) is 37.7 Å². The first-order valence-electron chi connectivity index (χ1n) is 12.7. The van der Waals surface area contributed by atoms with Crippen LogP contribution in [0.1, 0.15) is 43.2 Å². The van der Waals surface area contributed by atoms with E-state index in [1.807, 2.05) is 0 Å². The molecular formula is C27H29ClF3N3O3S. The Morgan fingerprint density at radius 2 is 1.84 bits per heavy atom. The largest absolute Gasteiger partial charge is 0.492 e. The minimum atomic E-state index is -4.37. The van der Waals surface area contributed by atoms with E-state index in [1.54, 1.807) is 18.2 Å². The summed E-state index contributed by atoms with van der Waals surface area (Å²) in [6.07, 6.45) is 0.450. The predicted molar refractivity (Wildman–Crippen MR) is 143 cm³/mol. The average molecular weight is 568 g/mol. The van der Waals surface area contributed by atoms with Gasteiger partial charge in [0.25, 0.3) is 0 Å². The number of aromatic nitrogens is 1. The van der Waals surface area contributed by atoms with Crippen molar-refractivity contribution in [3.8, 4) is 5.75 Å². The summed E-state index contributed by atoms with van der Waals surface area (Å²) in [6.45, 7) is 4.05. The number of hydrogen-bond donors (Lipinski definition) is 1. The van der Waals surface area contributed by atoms with Gasteiger partial charge in [-0.05, 0) is 81.1 Å². The lowest BCUT2D eigenvalue weighted by Crippen LogP contribution is -2.55. The van der Waals surface area contributed by atoms with E-state index >= 15 is 0 Å². The molecule has 5 rings (SSSR count). The van der Waals surface area contributed by atoms with Gasteiger partial charge in [-0.25, -0.2) is 4.98 Å². The molecular weight excluding hydrogens is 539 g/mol. The molecule has 2 fully saturated rings. The maximum absolute atomic E-state index is 13.1. The van der Waals surface area contributed by atoms with Crippen LogP contribution in [0, 0.1) is 0 Å². The lowest BCUT2D eigenvalue weighted by Gasteiger charge is -2.47. The highest BCUT2D eigenvalue weighted by atomic mass is 35.5. The minimum Gasteiger partial charge on any atom is -0.492 e. The fourth-order valence-electron chi connectivity index (χ4n) is 5.55. The van der Waals surface area contributed by atoms with Gasteiger partial charge in [0.2, 0.25) is 0 Å². The molecule has 0 radical (unpaired) electrons. The van der Waals surface area contributed by atoms with Crippen LogP contribution in [0.3, 0.4) is 0 Å². The summed E-state index contributed by atoms with van der Waals surface area (Å²) in [4.78, 5) is 20.4. The Morgan fingerprint density at radius 3 is 2.53 bits per heavy atom. The van der Waals surface area contributed by atoms with Crippen LogP contribution < -0.4 is 9.64 Å². The van der Waals surface area contributed by atoms with Crippen molar-refractivity contribution in [1.82, 2.24) is 9.88 Å². The van der Waals surface area contributed by atoms with Crippen LogP contribution in [0.5, 0.6) is 5.75 Å². The number of ether oxygens (including phenoxy) is 1. The van der Waals surface area contributed by atoms with E-state index in [-0.39, 0.29) is 12.0 Å². The molecule has 38 heavy (non-hydrogen) atoms. The summed E-state index contributed by atoms with van der Waals surface area (Å²) in [5.41, 5.74) is 0.529. The topological polar surface area (TPSA) is 65.9 Å². The van der Waals surface area contributed by atoms with Crippen molar-refractivity contribution in [1.29, 1.82) is 0 Å². The van der Waals surface area contributed by atoms with Crippen molar-refractivity contribution in [2.24, 2.45) is 0 Å². The van der Waals surface area contributed by atoms with Crippen molar-refractivity contribution >= 4 is 44.3 Å². The molecule has 2 aliphatic heterocycles. The van der Waals surface area contributed by atoms with Crippen LogP contribution >= 0.6 is 22.9 Å². The average Bonchev–Trinajstić information content (AvgIpc) is 3.56. The number of carboxylic acid groups (broad SMARTS) is 1. The number of alkyl halides is 3. The van der Waals surface area contributed by atoms with E-state index in [9.17, 15) is 18.0 Å². The summed E-state index contributed by atoms with van der Waals surface area (Å²) >= 11 is 7.62. The Labute approximate surface area is 228 Å². The van der Waals surface area contributed by atoms with E-state index in [4.69, 9.17) is 21.4 Å². The maximum atomic E-state index is 13.1. The molecule has 0 saturated carbocycles. The molecule has 0 unspecified atom stereocenters. The van der Waals surface area contributed by atoms with Crippen molar-refractivity contribution in [3.05, 3.63) is 52.5 Å². The number of piperidine rings is 1. The third-order valence-corrected chi connectivity index (χ3v) is 9.01. The van der Waals surface area contributed by atoms with E-state index in [1.165, 1.54) is 23.5 Å². The molecule has 2 aromatic carbocycles. The Bertz CT molecular complexity index is 1300. The van der Waals surface area contributed by atoms with Crippen LogP contribution in [-0.2, 0) is 17.4 Å². The monoisotopic (exact) mass is 567 g/mol. The second kappa shape index (κ2) is 10.9. The smallest absolute Gasteiger partial charge is 0.416 e. The zero-order valence-electron chi connectivity index (χ0n) is 20.8. The number of fused-ring (bicyclic) bond motifs is 1. The lowest BCUT2D eigenvalue weighted by molar-refractivity contribution is -0.138. The molecule has 1 N–H and O–H groups in total. The van der Waals surface area contributed by atoms with Gasteiger partial charge in [-0.3, -0.25) is 9.69 Å². The minimum absolute atomic E-state index is 0.0434. The van der Waals surface area contributed by atoms with E-state index in [2.05, 4.69) is 14.8 Å². The highest BCUT2D eigenvalue weighted by Crippen LogP contribution is 2.40. The first kappa shape index (κ1) is 27.0. The SMILES string of the molecule is O=C(O)Cc1ccc(Cl)c(OCCC2(N3CCCC3)CCN(c3nc4ccc(C(F)(F)F)cc4s3)CC2)c1. The van der Waals surface area contributed by atoms with E-state index in [0.717, 1.165) is 69.5 Å².